The highest BCUT2D eigenvalue weighted by molar-refractivity contribution is 9.10. The Labute approximate surface area is 152 Å². The summed E-state index contributed by atoms with van der Waals surface area (Å²) in [5.41, 5.74) is 3.63. The van der Waals surface area contributed by atoms with Gasteiger partial charge in [0.2, 0.25) is 0 Å². The van der Waals surface area contributed by atoms with Crippen LogP contribution in [-0.4, -0.2) is 10.9 Å². The molecular weight excluding hydrogens is 392 g/mol. The van der Waals surface area contributed by atoms with Gasteiger partial charge in [-0.1, -0.05) is 29.8 Å². The Bertz CT molecular complexity index is 808. The second kappa shape index (κ2) is 6.55. The second-order valence-corrected chi connectivity index (χ2v) is 7.68. The molecule has 2 aromatic rings. The molecule has 1 aromatic heterocycles. The van der Waals surface area contributed by atoms with Crippen LogP contribution in [0, 0.1) is 6.92 Å². The molecule has 0 unspecified atom stereocenters. The summed E-state index contributed by atoms with van der Waals surface area (Å²) in [6.45, 7) is 3.63. The first-order valence-electron chi connectivity index (χ1n) is 7.09. The van der Waals surface area contributed by atoms with Gasteiger partial charge in [-0.15, -0.1) is 11.3 Å². The number of Topliss-reactive ketones (excluding diaryl/α,β-unsaturated/α-hetero) is 1. The molecule has 1 aromatic carbocycles. The predicted octanol–water partition coefficient (Wildman–Crippen LogP) is 4.34. The van der Waals surface area contributed by atoms with Crippen molar-refractivity contribution in [2.45, 2.75) is 19.9 Å². The Hall–Kier alpha value is -1.50. The van der Waals surface area contributed by atoms with Gasteiger partial charge in [-0.2, -0.15) is 0 Å². The molecule has 3 rings (SSSR count). The summed E-state index contributed by atoms with van der Waals surface area (Å²) in [7, 11) is 0. The number of nitrogens with one attached hydrogen (secondary N) is 2. The van der Waals surface area contributed by atoms with E-state index >= 15 is 0 Å². The highest BCUT2D eigenvalue weighted by Crippen LogP contribution is 2.35. The zero-order chi connectivity index (χ0) is 16.6. The first-order valence-corrected chi connectivity index (χ1v) is 9.17. The van der Waals surface area contributed by atoms with Crippen molar-refractivity contribution in [3.8, 4) is 0 Å². The number of hydrogen-bond acceptors (Lipinski definition) is 3. The highest BCUT2D eigenvalue weighted by Gasteiger charge is 2.30. The topological polar surface area (TPSA) is 41.1 Å². The number of rotatable bonds is 3. The number of benzene rings is 1. The quantitative estimate of drug-likeness (QED) is 0.743. The monoisotopic (exact) mass is 406 g/mol. The molecule has 0 spiro atoms. The van der Waals surface area contributed by atoms with Gasteiger partial charge < -0.3 is 10.6 Å². The second-order valence-electron chi connectivity index (χ2n) is 5.41. The molecule has 1 aliphatic rings. The molecule has 118 valence electrons. The third-order valence-corrected chi connectivity index (χ3v) is 5.64. The molecule has 1 aliphatic heterocycles. The lowest BCUT2D eigenvalue weighted by Gasteiger charge is -2.30. The summed E-state index contributed by atoms with van der Waals surface area (Å²) in [5.74, 6) is 0.0256. The third-order valence-electron chi connectivity index (χ3n) is 3.66. The summed E-state index contributed by atoms with van der Waals surface area (Å²) in [4.78, 5) is 13.4. The molecule has 0 saturated carbocycles. The molecule has 0 bridgehead atoms. The van der Waals surface area contributed by atoms with E-state index in [1.54, 1.807) is 18.3 Å². The van der Waals surface area contributed by atoms with Crippen LogP contribution in [0.3, 0.4) is 0 Å². The summed E-state index contributed by atoms with van der Waals surface area (Å²) in [6, 6.07) is 9.87. The Morgan fingerprint density at radius 1 is 1.30 bits per heavy atom. The molecule has 23 heavy (non-hydrogen) atoms. The molecule has 0 amide bonds. The number of thiocarbonyl (C=S) groups is 1. The van der Waals surface area contributed by atoms with Crippen LogP contribution in [0.1, 0.15) is 29.0 Å². The van der Waals surface area contributed by atoms with E-state index in [2.05, 4.69) is 26.6 Å². The minimum absolute atomic E-state index is 0.0256. The smallest absolute Gasteiger partial charge is 0.171 e. The van der Waals surface area contributed by atoms with Crippen molar-refractivity contribution in [1.29, 1.82) is 0 Å². The largest absolute Gasteiger partial charge is 0.350 e. The molecular formula is C17H15BrN2OS2. The van der Waals surface area contributed by atoms with Crippen LogP contribution < -0.4 is 10.6 Å². The lowest BCUT2D eigenvalue weighted by atomic mass is 9.94. The lowest BCUT2D eigenvalue weighted by molar-refractivity contribution is -0.113. The Balaban J connectivity index is 2.16. The van der Waals surface area contributed by atoms with Gasteiger partial charge in [-0.3, -0.25) is 4.79 Å². The standard InChI is InChI=1S/C17H15BrN2OS2/c1-9-3-5-11(6-4-9)15-14(10(2)21)16(20-17(22)19-15)13-7-12(18)8-23-13/h3-8,16H,1-2H3,(H2,19,20,22)/t16-/m1/s1. The maximum atomic E-state index is 12.4. The molecule has 1 atom stereocenters. The van der Waals surface area contributed by atoms with E-state index in [-0.39, 0.29) is 11.8 Å². The van der Waals surface area contributed by atoms with Gasteiger partial charge in [0.15, 0.2) is 10.9 Å². The van der Waals surface area contributed by atoms with Crippen molar-refractivity contribution in [2.24, 2.45) is 0 Å². The third kappa shape index (κ3) is 3.39. The van der Waals surface area contributed by atoms with Gasteiger partial charge in [0.25, 0.3) is 0 Å². The van der Waals surface area contributed by atoms with Crippen LogP contribution in [0.25, 0.3) is 5.70 Å². The average Bonchev–Trinajstić information content (AvgIpc) is 2.93. The number of carbonyl (C=O) groups excluding carboxylic acids is 1. The maximum absolute atomic E-state index is 12.4. The number of thiophene rings is 1. The number of halogens is 1. The van der Waals surface area contributed by atoms with E-state index in [1.807, 2.05) is 42.6 Å². The van der Waals surface area contributed by atoms with E-state index < -0.39 is 0 Å². The molecule has 3 nitrogen and oxygen atoms in total. The summed E-state index contributed by atoms with van der Waals surface area (Å²) in [6.07, 6.45) is 0. The molecule has 0 aliphatic carbocycles. The van der Waals surface area contributed by atoms with Crippen molar-refractivity contribution < 1.29 is 4.79 Å². The van der Waals surface area contributed by atoms with Gasteiger partial charge in [0.05, 0.1) is 11.7 Å². The molecule has 0 fully saturated rings. The summed E-state index contributed by atoms with van der Waals surface area (Å²) < 4.78 is 1.00. The fourth-order valence-electron chi connectivity index (χ4n) is 2.58. The lowest BCUT2D eigenvalue weighted by Crippen LogP contribution is -2.44. The van der Waals surface area contributed by atoms with E-state index in [9.17, 15) is 4.79 Å². The molecule has 2 N–H and O–H groups in total. The first kappa shape index (κ1) is 16.4. The Kier molecular flexibility index (Phi) is 4.66. The van der Waals surface area contributed by atoms with Crippen molar-refractivity contribution in [3.05, 3.63) is 61.8 Å². The molecule has 6 heteroatoms. The van der Waals surface area contributed by atoms with Crippen LogP contribution in [-0.2, 0) is 4.79 Å². The van der Waals surface area contributed by atoms with Gasteiger partial charge >= 0.3 is 0 Å². The van der Waals surface area contributed by atoms with Crippen LogP contribution in [0.2, 0.25) is 0 Å². The van der Waals surface area contributed by atoms with Gasteiger partial charge in [0, 0.05) is 20.3 Å². The number of aryl methyl sites for hydroxylation is 1. The fourth-order valence-corrected chi connectivity index (χ4v) is 4.31. The number of hydrogen-bond donors (Lipinski definition) is 2. The van der Waals surface area contributed by atoms with Crippen LogP contribution in [0.15, 0.2) is 45.8 Å². The van der Waals surface area contributed by atoms with Crippen LogP contribution in [0.4, 0.5) is 0 Å². The Morgan fingerprint density at radius 3 is 2.57 bits per heavy atom. The fraction of sp³-hybridized carbons (Fsp3) is 0.176. The first-order chi connectivity index (χ1) is 11.0. The van der Waals surface area contributed by atoms with Gasteiger partial charge in [-0.25, -0.2) is 0 Å². The van der Waals surface area contributed by atoms with E-state index in [0.717, 1.165) is 20.6 Å². The Morgan fingerprint density at radius 2 is 2.00 bits per heavy atom. The highest BCUT2D eigenvalue weighted by atomic mass is 79.9. The van der Waals surface area contributed by atoms with E-state index in [4.69, 9.17) is 12.2 Å². The van der Waals surface area contributed by atoms with Crippen LogP contribution in [0.5, 0.6) is 0 Å². The van der Waals surface area contributed by atoms with Gasteiger partial charge in [0.1, 0.15) is 0 Å². The molecule has 2 heterocycles. The van der Waals surface area contributed by atoms with Gasteiger partial charge in [-0.05, 0) is 53.6 Å². The normalized spacial score (nSPS) is 17.7. The number of carbonyl (C=O) groups is 1. The summed E-state index contributed by atoms with van der Waals surface area (Å²) >= 11 is 10.4. The molecule has 0 radical (unpaired) electrons. The number of ketones is 1. The minimum Gasteiger partial charge on any atom is -0.350 e. The average molecular weight is 407 g/mol. The predicted molar refractivity (Wildman–Crippen MR) is 102 cm³/mol. The minimum atomic E-state index is -0.228. The van der Waals surface area contributed by atoms with E-state index in [0.29, 0.717) is 10.7 Å². The summed E-state index contributed by atoms with van der Waals surface area (Å²) in [5, 5.41) is 8.92. The zero-order valence-electron chi connectivity index (χ0n) is 12.6. The van der Waals surface area contributed by atoms with Crippen LogP contribution >= 0.6 is 39.5 Å². The van der Waals surface area contributed by atoms with Crippen molar-refractivity contribution >= 4 is 56.1 Å². The van der Waals surface area contributed by atoms with Crippen molar-refractivity contribution in [1.82, 2.24) is 10.6 Å². The SMILES string of the molecule is CC(=O)C1=C(c2ccc(C)cc2)NC(=S)N[C@@H]1c1cc(Br)cs1. The zero-order valence-corrected chi connectivity index (χ0v) is 15.9. The maximum Gasteiger partial charge on any atom is 0.171 e. The molecule has 0 saturated heterocycles. The van der Waals surface area contributed by atoms with E-state index in [1.165, 1.54) is 5.56 Å². The van der Waals surface area contributed by atoms with Crippen molar-refractivity contribution in [2.75, 3.05) is 0 Å². The van der Waals surface area contributed by atoms with Crippen molar-refractivity contribution in [3.63, 3.8) is 0 Å².